The van der Waals surface area contributed by atoms with Gasteiger partial charge in [-0.3, -0.25) is 9.59 Å². The Morgan fingerprint density at radius 2 is 2.05 bits per heavy atom. The number of aliphatic carboxylic acids is 1. The molecule has 1 fully saturated rings. The van der Waals surface area contributed by atoms with E-state index in [0.29, 0.717) is 6.42 Å². The monoisotopic (exact) mass is 299 g/mol. The molecule has 6 heteroatoms. The van der Waals surface area contributed by atoms with E-state index in [1.54, 1.807) is 10.9 Å². The molecule has 2 N–H and O–H groups in total. The highest BCUT2D eigenvalue weighted by atomic mass is 16.4. The average Bonchev–Trinajstić information content (AvgIpc) is 3.14. The van der Waals surface area contributed by atoms with E-state index in [0.717, 1.165) is 11.3 Å². The standard InChI is InChI=1S/C16H17N3O3/c1-10(18-15(20)13-9-14(13)16(21)22)11-3-5-12(6-4-11)19-8-2-7-17-19/h2-8,10,13-14H,9H2,1H3,(H,18,20)(H,21,22)/t10-,13-,14-/m0/s1. The number of carboxylic acid groups (broad SMARTS) is 1. The fraction of sp³-hybridized carbons (Fsp3) is 0.312. The Hall–Kier alpha value is -2.63. The predicted molar refractivity (Wildman–Crippen MR) is 79.4 cm³/mol. The Kier molecular flexibility index (Phi) is 3.66. The first-order valence-electron chi connectivity index (χ1n) is 7.19. The second kappa shape index (κ2) is 5.63. The number of hydrogen-bond donors (Lipinski definition) is 2. The van der Waals surface area contributed by atoms with Crippen molar-refractivity contribution in [2.45, 2.75) is 19.4 Å². The molecule has 1 heterocycles. The molecule has 0 unspecified atom stereocenters. The Morgan fingerprint density at radius 3 is 2.59 bits per heavy atom. The van der Waals surface area contributed by atoms with Crippen LogP contribution in [0.15, 0.2) is 42.7 Å². The molecule has 3 atom stereocenters. The zero-order chi connectivity index (χ0) is 15.7. The molecule has 0 radical (unpaired) electrons. The zero-order valence-corrected chi connectivity index (χ0v) is 12.1. The first-order valence-corrected chi connectivity index (χ1v) is 7.19. The summed E-state index contributed by atoms with van der Waals surface area (Å²) in [5.41, 5.74) is 1.91. The van der Waals surface area contributed by atoms with Gasteiger partial charge in [0.25, 0.3) is 0 Å². The third-order valence-electron chi connectivity index (χ3n) is 3.97. The van der Waals surface area contributed by atoms with Gasteiger partial charge in [0.1, 0.15) is 0 Å². The lowest BCUT2D eigenvalue weighted by molar-refractivity contribution is -0.140. The summed E-state index contributed by atoms with van der Waals surface area (Å²) in [6.45, 7) is 1.89. The maximum Gasteiger partial charge on any atom is 0.307 e. The van der Waals surface area contributed by atoms with Gasteiger partial charge in [-0.25, -0.2) is 4.68 Å². The largest absolute Gasteiger partial charge is 0.481 e. The molecule has 0 spiro atoms. The van der Waals surface area contributed by atoms with E-state index in [-0.39, 0.29) is 17.9 Å². The minimum atomic E-state index is -0.892. The van der Waals surface area contributed by atoms with Gasteiger partial charge in [0.2, 0.25) is 5.91 Å². The number of amides is 1. The van der Waals surface area contributed by atoms with Crippen LogP contribution in [-0.2, 0) is 9.59 Å². The summed E-state index contributed by atoms with van der Waals surface area (Å²) in [7, 11) is 0. The van der Waals surface area contributed by atoms with Crippen molar-refractivity contribution in [2.24, 2.45) is 11.8 Å². The second-order valence-electron chi connectivity index (χ2n) is 5.56. The van der Waals surface area contributed by atoms with E-state index in [4.69, 9.17) is 5.11 Å². The van der Waals surface area contributed by atoms with Gasteiger partial charge < -0.3 is 10.4 Å². The molecule has 1 aliphatic carbocycles. The highest BCUT2D eigenvalue weighted by Crippen LogP contribution is 2.39. The second-order valence-corrected chi connectivity index (χ2v) is 5.56. The molecule has 1 aromatic carbocycles. The Balaban J connectivity index is 1.62. The summed E-state index contributed by atoms with van der Waals surface area (Å²) in [5.74, 6) is -1.98. The summed E-state index contributed by atoms with van der Waals surface area (Å²) in [6, 6.07) is 9.43. The molecular weight excluding hydrogens is 282 g/mol. The van der Waals surface area contributed by atoms with E-state index in [1.807, 2.05) is 43.5 Å². The first-order chi connectivity index (χ1) is 10.6. The Bertz CT molecular complexity index is 679. The van der Waals surface area contributed by atoms with Crippen molar-refractivity contribution in [3.8, 4) is 5.69 Å². The number of carboxylic acids is 1. The molecule has 3 rings (SSSR count). The molecule has 1 saturated carbocycles. The van der Waals surface area contributed by atoms with Gasteiger partial charge in [0.05, 0.1) is 23.6 Å². The normalized spacial score (nSPS) is 21.1. The lowest BCUT2D eigenvalue weighted by Crippen LogP contribution is -2.29. The number of hydrogen-bond acceptors (Lipinski definition) is 3. The Morgan fingerprint density at radius 1 is 1.32 bits per heavy atom. The van der Waals surface area contributed by atoms with Crippen LogP contribution in [0.3, 0.4) is 0 Å². The lowest BCUT2D eigenvalue weighted by Gasteiger charge is -2.15. The minimum Gasteiger partial charge on any atom is -0.481 e. The fourth-order valence-corrected chi connectivity index (χ4v) is 2.50. The third kappa shape index (κ3) is 2.86. The number of carbonyl (C=O) groups excluding carboxylic acids is 1. The molecule has 0 bridgehead atoms. The van der Waals surface area contributed by atoms with Crippen molar-refractivity contribution in [3.05, 3.63) is 48.3 Å². The first kappa shape index (κ1) is 14.3. The van der Waals surface area contributed by atoms with Crippen molar-refractivity contribution in [1.29, 1.82) is 0 Å². The summed E-state index contributed by atoms with van der Waals surface area (Å²) >= 11 is 0. The van der Waals surface area contributed by atoms with Crippen molar-refractivity contribution >= 4 is 11.9 Å². The summed E-state index contributed by atoms with van der Waals surface area (Å²) in [4.78, 5) is 22.8. The van der Waals surface area contributed by atoms with Crippen LogP contribution in [0.5, 0.6) is 0 Å². The summed E-state index contributed by atoms with van der Waals surface area (Å²) < 4.78 is 1.76. The molecule has 1 aromatic heterocycles. The van der Waals surface area contributed by atoms with Gasteiger partial charge in [0, 0.05) is 12.4 Å². The highest BCUT2D eigenvalue weighted by molar-refractivity contribution is 5.89. The SMILES string of the molecule is C[C@H](NC(=O)[C@H]1C[C@@H]1C(=O)O)c1ccc(-n2cccn2)cc1. The zero-order valence-electron chi connectivity index (χ0n) is 12.1. The van der Waals surface area contributed by atoms with Crippen molar-refractivity contribution in [3.63, 3.8) is 0 Å². The molecule has 6 nitrogen and oxygen atoms in total. The van der Waals surface area contributed by atoms with Gasteiger partial charge in [-0.05, 0) is 37.1 Å². The summed E-state index contributed by atoms with van der Waals surface area (Å²) in [5, 5.41) is 15.9. The number of nitrogens with one attached hydrogen (secondary N) is 1. The molecule has 1 aliphatic rings. The molecule has 1 amide bonds. The van der Waals surface area contributed by atoms with E-state index >= 15 is 0 Å². The average molecular weight is 299 g/mol. The van der Waals surface area contributed by atoms with Crippen molar-refractivity contribution in [2.75, 3.05) is 0 Å². The van der Waals surface area contributed by atoms with Crippen LogP contribution in [0.1, 0.15) is 24.9 Å². The molecule has 0 aliphatic heterocycles. The number of aromatic nitrogens is 2. The lowest BCUT2D eigenvalue weighted by atomic mass is 10.1. The molecule has 2 aromatic rings. The van der Waals surface area contributed by atoms with E-state index in [1.165, 1.54) is 0 Å². The smallest absolute Gasteiger partial charge is 0.307 e. The fourth-order valence-electron chi connectivity index (χ4n) is 2.50. The van der Waals surface area contributed by atoms with Crippen molar-refractivity contribution in [1.82, 2.24) is 15.1 Å². The van der Waals surface area contributed by atoms with Crippen LogP contribution in [0.25, 0.3) is 5.69 Å². The van der Waals surface area contributed by atoms with Gasteiger partial charge in [0.15, 0.2) is 0 Å². The molecular formula is C16H17N3O3. The van der Waals surface area contributed by atoms with Gasteiger partial charge in [-0.15, -0.1) is 0 Å². The number of rotatable bonds is 5. The number of nitrogens with zero attached hydrogens (tertiary/aromatic N) is 2. The molecule has 0 saturated heterocycles. The van der Waals surface area contributed by atoms with Gasteiger partial charge >= 0.3 is 5.97 Å². The topological polar surface area (TPSA) is 84.2 Å². The van der Waals surface area contributed by atoms with Crippen LogP contribution >= 0.6 is 0 Å². The third-order valence-corrected chi connectivity index (χ3v) is 3.97. The van der Waals surface area contributed by atoms with Gasteiger partial charge in [-0.1, -0.05) is 12.1 Å². The maximum atomic E-state index is 12.0. The van der Waals surface area contributed by atoms with Crippen molar-refractivity contribution < 1.29 is 14.7 Å². The minimum absolute atomic E-state index is 0.158. The van der Waals surface area contributed by atoms with E-state index in [9.17, 15) is 9.59 Å². The maximum absolute atomic E-state index is 12.0. The highest BCUT2D eigenvalue weighted by Gasteiger charge is 2.48. The van der Waals surface area contributed by atoms with Crippen LogP contribution < -0.4 is 5.32 Å². The van der Waals surface area contributed by atoms with E-state index < -0.39 is 11.9 Å². The molecule has 114 valence electrons. The van der Waals surface area contributed by atoms with Gasteiger partial charge in [-0.2, -0.15) is 5.10 Å². The summed E-state index contributed by atoms with van der Waals surface area (Å²) in [6.07, 6.45) is 4.01. The van der Waals surface area contributed by atoms with Crippen LogP contribution in [0.4, 0.5) is 0 Å². The van der Waals surface area contributed by atoms with Crippen LogP contribution in [-0.4, -0.2) is 26.8 Å². The molecule has 22 heavy (non-hydrogen) atoms. The number of benzene rings is 1. The quantitative estimate of drug-likeness (QED) is 0.881. The number of carbonyl (C=O) groups is 2. The van der Waals surface area contributed by atoms with Crippen LogP contribution in [0, 0.1) is 11.8 Å². The predicted octanol–water partition coefficient (Wildman–Crippen LogP) is 1.77. The van der Waals surface area contributed by atoms with Crippen LogP contribution in [0.2, 0.25) is 0 Å². The van der Waals surface area contributed by atoms with E-state index in [2.05, 4.69) is 10.4 Å². The Labute approximate surface area is 127 Å².